The zero-order valence-corrected chi connectivity index (χ0v) is 12.9. The fraction of sp³-hybridized carbons (Fsp3) is 0.933. The van der Waals surface area contributed by atoms with Crippen LogP contribution in [0.25, 0.3) is 0 Å². The van der Waals surface area contributed by atoms with E-state index in [1.165, 1.54) is 12.8 Å². The number of amides is 1. The van der Waals surface area contributed by atoms with E-state index in [2.05, 4.69) is 24.1 Å². The Hall–Kier alpha value is -0.650. The Morgan fingerprint density at radius 2 is 2.20 bits per heavy atom. The van der Waals surface area contributed by atoms with Gasteiger partial charge in [0.2, 0.25) is 5.91 Å². The molecule has 5 heteroatoms. The third-order valence-corrected chi connectivity index (χ3v) is 4.53. The third kappa shape index (κ3) is 4.17. The zero-order chi connectivity index (χ0) is 14.4. The summed E-state index contributed by atoms with van der Waals surface area (Å²) in [5.74, 6) is 0.947. The number of carbonyl (C=O) groups is 1. The summed E-state index contributed by atoms with van der Waals surface area (Å²) in [6.07, 6.45) is 2.54. The number of ether oxygens (including phenoxy) is 1. The van der Waals surface area contributed by atoms with Crippen molar-refractivity contribution in [1.82, 2.24) is 15.1 Å². The molecular weight excluding hydrogens is 254 g/mol. The highest BCUT2D eigenvalue weighted by Gasteiger charge is 2.28. The van der Waals surface area contributed by atoms with Gasteiger partial charge in [-0.1, -0.05) is 6.92 Å². The van der Waals surface area contributed by atoms with Gasteiger partial charge in [0.05, 0.1) is 19.3 Å². The second-order valence-corrected chi connectivity index (χ2v) is 5.91. The summed E-state index contributed by atoms with van der Waals surface area (Å²) in [5, 5.41) is 3.46. The smallest absolute Gasteiger partial charge is 0.239 e. The van der Waals surface area contributed by atoms with E-state index in [1.54, 1.807) is 0 Å². The van der Waals surface area contributed by atoms with E-state index in [-0.39, 0.29) is 11.9 Å². The quantitative estimate of drug-likeness (QED) is 0.800. The number of morpholine rings is 1. The van der Waals surface area contributed by atoms with Crippen molar-refractivity contribution in [2.45, 2.75) is 32.7 Å². The molecule has 0 bridgehead atoms. The minimum atomic E-state index is -0.0139. The number of carbonyl (C=O) groups excluding carboxylic acids is 1. The number of likely N-dealkylation sites (N-methyl/N-ethyl adjacent to an activating group) is 1. The molecule has 1 N–H and O–H groups in total. The molecule has 2 aliphatic heterocycles. The second kappa shape index (κ2) is 7.96. The fourth-order valence-electron chi connectivity index (χ4n) is 3.18. The van der Waals surface area contributed by atoms with Gasteiger partial charge in [0.15, 0.2) is 0 Å². The molecular formula is C15H29N3O2. The van der Waals surface area contributed by atoms with Gasteiger partial charge in [-0.25, -0.2) is 0 Å². The summed E-state index contributed by atoms with van der Waals surface area (Å²) >= 11 is 0. The third-order valence-electron chi connectivity index (χ3n) is 4.53. The van der Waals surface area contributed by atoms with Crippen molar-refractivity contribution in [3.63, 3.8) is 0 Å². The van der Waals surface area contributed by atoms with Gasteiger partial charge < -0.3 is 15.0 Å². The number of nitrogens with one attached hydrogen (secondary N) is 1. The number of nitrogens with zero attached hydrogens (tertiary/aromatic N) is 2. The molecule has 2 rings (SSSR count). The van der Waals surface area contributed by atoms with Crippen LogP contribution in [0.1, 0.15) is 26.7 Å². The molecule has 0 aromatic heterocycles. The molecule has 116 valence electrons. The largest absolute Gasteiger partial charge is 0.378 e. The summed E-state index contributed by atoms with van der Waals surface area (Å²) in [7, 11) is 0. The highest BCUT2D eigenvalue weighted by Crippen LogP contribution is 2.15. The predicted octanol–water partition coefficient (Wildman–Crippen LogP) is 0.555. The lowest BCUT2D eigenvalue weighted by Gasteiger charge is -2.36. The molecule has 0 aromatic rings. The van der Waals surface area contributed by atoms with Crippen molar-refractivity contribution >= 4 is 5.91 Å². The van der Waals surface area contributed by atoms with Gasteiger partial charge in [0.25, 0.3) is 0 Å². The van der Waals surface area contributed by atoms with Crippen LogP contribution in [0.4, 0.5) is 0 Å². The van der Waals surface area contributed by atoms with Crippen molar-refractivity contribution in [3.8, 4) is 0 Å². The Balaban J connectivity index is 1.86. The zero-order valence-electron chi connectivity index (χ0n) is 12.9. The Labute approximate surface area is 122 Å². The van der Waals surface area contributed by atoms with E-state index in [4.69, 9.17) is 4.74 Å². The molecule has 0 aliphatic carbocycles. The summed E-state index contributed by atoms with van der Waals surface area (Å²) in [4.78, 5) is 16.8. The Morgan fingerprint density at radius 1 is 1.45 bits per heavy atom. The maximum absolute atomic E-state index is 12.6. The van der Waals surface area contributed by atoms with Gasteiger partial charge in [-0.05, 0) is 45.3 Å². The van der Waals surface area contributed by atoms with Gasteiger partial charge in [0.1, 0.15) is 0 Å². The van der Waals surface area contributed by atoms with Gasteiger partial charge in [-0.15, -0.1) is 0 Å². The summed E-state index contributed by atoms with van der Waals surface area (Å²) in [5.41, 5.74) is 0. The van der Waals surface area contributed by atoms with Crippen molar-refractivity contribution < 1.29 is 9.53 Å². The molecule has 5 nitrogen and oxygen atoms in total. The van der Waals surface area contributed by atoms with Crippen LogP contribution in [0.15, 0.2) is 0 Å². The summed E-state index contributed by atoms with van der Waals surface area (Å²) < 4.78 is 5.32. The molecule has 0 spiro atoms. The van der Waals surface area contributed by atoms with Crippen molar-refractivity contribution in [1.29, 1.82) is 0 Å². The lowest BCUT2D eigenvalue weighted by Crippen LogP contribution is -2.52. The predicted molar refractivity (Wildman–Crippen MR) is 79.7 cm³/mol. The van der Waals surface area contributed by atoms with Crippen LogP contribution in [0.2, 0.25) is 0 Å². The van der Waals surface area contributed by atoms with Crippen LogP contribution in [-0.2, 0) is 9.53 Å². The minimum Gasteiger partial charge on any atom is -0.378 e. The Morgan fingerprint density at radius 3 is 2.80 bits per heavy atom. The molecule has 2 fully saturated rings. The van der Waals surface area contributed by atoms with Crippen molar-refractivity contribution in [3.05, 3.63) is 0 Å². The molecule has 2 saturated heterocycles. The van der Waals surface area contributed by atoms with E-state index in [1.807, 2.05) is 4.90 Å². The highest BCUT2D eigenvalue weighted by atomic mass is 16.5. The van der Waals surface area contributed by atoms with Crippen LogP contribution in [-0.4, -0.2) is 74.2 Å². The molecule has 2 atom stereocenters. The van der Waals surface area contributed by atoms with Crippen LogP contribution in [0.3, 0.4) is 0 Å². The number of rotatable bonds is 5. The van der Waals surface area contributed by atoms with Crippen LogP contribution < -0.4 is 5.32 Å². The number of hydrogen-bond acceptors (Lipinski definition) is 4. The Kier molecular flexibility index (Phi) is 6.26. The van der Waals surface area contributed by atoms with E-state index in [0.29, 0.717) is 19.1 Å². The van der Waals surface area contributed by atoms with E-state index >= 15 is 0 Å². The average molecular weight is 283 g/mol. The molecule has 1 amide bonds. The molecule has 20 heavy (non-hydrogen) atoms. The maximum atomic E-state index is 12.6. The van der Waals surface area contributed by atoms with Crippen molar-refractivity contribution in [2.75, 3.05) is 52.5 Å². The first-order chi connectivity index (χ1) is 9.72. The normalized spacial score (nSPS) is 25.8. The molecule has 2 unspecified atom stereocenters. The average Bonchev–Trinajstić information content (AvgIpc) is 2.53. The molecule has 2 heterocycles. The minimum absolute atomic E-state index is 0.0139. The molecule has 0 saturated carbocycles. The number of hydrogen-bond donors (Lipinski definition) is 1. The summed E-state index contributed by atoms with van der Waals surface area (Å²) in [6, 6.07) is -0.0139. The molecule has 2 aliphatic rings. The van der Waals surface area contributed by atoms with E-state index in [0.717, 1.165) is 39.3 Å². The standard InChI is InChI=1S/C15H29N3O2/c1-3-17(12-14-5-4-6-16-11-14)13(2)15(19)18-7-9-20-10-8-18/h13-14,16H,3-12H2,1-2H3. The maximum Gasteiger partial charge on any atom is 0.239 e. The second-order valence-electron chi connectivity index (χ2n) is 5.91. The topological polar surface area (TPSA) is 44.8 Å². The van der Waals surface area contributed by atoms with Gasteiger partial charge in [-0.3, -0.25) is 9.69 Å². The van der Waals surface area contributed by atoms with Gasteiger partial charge in [-0.2, -0.15) is 0 Å². The Bertz CT molecular complexity index is 299. The highest BCUT2D eigenvalue weighted by molar-refractivity contribution is 5.81. The lowest BCUT2D eigenvalue weighted by atomic mass is 9.98. The molecule has 0 aromatic carbocycles. The first kappa shape index (κ1) is 15.7. The van der Waals surface area contributed by atoms with Crippen LogP contribution in [0.5, 0.6) is 0 Å². The first-order valence-corrected chi connectivity index (χ1v) is 8.03. The van der Waals surface area contributed by atoms with Crippen LogP contribution in [0, 0.1) is 5.92 Å². The van der Waals surface area contributed by atoms with Crippen molar-refractivity contribution in [2.24, 2.45) is 5.92 Å². The van der Waals surface area contributed by atoms with E-state index < -0.39 is 0 Å². The number of piperidine rings is 1. The van der Waals surface area contributed by atoms with E-state index in [9.17, 15) is 4.79 Å². The monoisotopic (exact) mass is 283 g/mol. The SMILES string of the molecule is CCN(CC1CCCNC1)C(C)C(=O)N1CCOCC1. The van der Waals surface area contributed by atoms with Crippen LogP contribution >= 0.6 is 0 Å². The lowest BCUT2D eigenvalue weighted by molar-refractivity contribution is -0.140. The summed E-state index contributed by atoms with van der Waals surface area (Å²) in [6.45, 7) is 11.2. The first-order valence-electron chi connectivity index (χ1n) is 8.03. The fourth-order valence-corrected chi connectivity index (χ4v) is 3.18. The van der Waals surface area contributed by atoms with Gasteiger partial charge >= 0.3 is 0 Å². The van der Waals surface area contributed by atoms with Gasteiger partial charge in [0, 0.05) is 19.6 Å². The molecule has 0 radical (unpaired) electrons.